The van der Waals surface area contributed by atoms with Gasteiger partial charge in [-0.1, -0.05) is 28.1 Å². The van der Waals surface area contributed by atoms with E-state index in [0.717, 1.165) is 21.4 Å². The number of hydrogen-bond donors (Lipinski definition) is 0. The zero-order valence-corrected chi connectivity index (χ0v) is 12.3. The van der Waals surface area contributed by atoms with E-state index in [1.165, 1.54) is 5.01 Å². The van der Waals surface area contributed by atoms with Gasteiger partial charge in [0.05, 0.1) is 12.1 Å². The van der Waals surface area contributed by atoms with Gasteiger partial charge in [0.25, 0.3) is 5.91 Å². The van der Waals surface area contributed by atoms with E-state index in [1.54, 1.807) is 6.07 Å². The highest BCUT2D eigenvalue weighted by atomic mass is 79.9. The monoisotopic (exact) mass is 330 g/mol. The Bertz CT molecular complexity index is 679. The summed E-state index contributed by atoms with van der Waals surface area (Å²) in [5.74, 6) is 0.376. The van der Waals surface area contributed by atoms with Gasteiger partial charge < -0.3 is 0 Å². The summed E-state index contributed by atoms with van der Waals surface area (Å²) < 4.78 is 1.01. The van der Waals surface area contributed by atoms with Crippen LogP contribution in [0.1, 0.15) is 13.3 Å². The van der Waals surface area contributed by atoms with Crippen molar-refractivity contribution in [2.75, 3.05) is 5.01 Å². The number of anilines is 1. The van der Waals surface area contributed by atoms with Crippen LogP contribution in [0.4, 0.5) is 5.82 Å². The normalized spacial score (nSPS) is 14.6. The molecule has 100 valence electrons. The zero-order valence-electron chi connectivity index (χ0n) is 10.7. The van der Waals surface area contributed by atoms with Crippen LogP contribution in [0.5, 0.6) is 0 Å². The molecule has 0 saturated carbocycles. The molecular formula is C14H11BrN4O. The first kappa shape index (κ1) is 12.9. The number of hydrogen-bond acceptors (Lipinski definition) is 4. The lowest BCUT2D eigenvalue weighted by atomic mass is 10.1. The van der Waals surface area contributed by atoms with Gasteiger partial charge in [-0.3, -0.25) is 4.79 Å². The van der Waals surface area contributed by atoms with Crippen molar-refractivity contribution in [2.45, 2.75) is 13.3 Å². The summed E-state index contributed by atoms with van der Waals surface area (Å²) in [6.45, 7) is 1.82. The third-order valence-electron chi connectivity index (χ3n) is 2.92. The van der Waals surface area contributed by atoms with Gasteiger partial charge in [0.2, 0.25) is 0 Å². The smallest absolute Gasteiger partial charge is 0.254 e. The molecule has 2 aromatic rings. The van der Waals surface area contributed by atoms with Crippen LogP contribution < -0.4 is 5.01 Å². The maximum atomic E-state index is 11.7. The number of carbonyl (C=O) groups excluding carboxylic acids is 1. The lowest BCUT2D eigenvalue weighted by Gasteiger charge is -2.09. The lowest BCUT2D eigenvalue weighted by Crippen LogP contribution is -2.21. The van der Waals surface area contributed by atoms with Crippen molar-refractivity contribution in [3.05, 3.63) is 40.9 Å². The average Bonchev–Trinajstić information content (AvgIpc) is 2.79. The van der Waals surface area contributed by atoms with Gasteiger partial charge in [0, 0.05) is 15.7 Å². The molecule has 0 unspecified atom stereocenters. The minimum absolute atomic E-state index is 0.0757. The summed E-state index contributed by atoms with van der Waals surface area (Å²) in [7, 11) is 0. The largest absolute Gasteiger partial charge is 0.272 e. The quantitative estimate of drug-likeness (QED) is 0.850. The molecule has 1 aliphatic rings. The highest BCUT2D eigenvalue weighted by Gasteiger charge is 2.23. The first-order valence-electron chi connectivity index (χ1n) is 6.10. The number of rotatable bonds is 2. The second-order valence-electron chi connectivity index (χ2n) is 4.50. The molecule has 0 spiro atoms. The predicted molar refractivity (Wildman–Crippen MR) is 80.4 cm³/mol. The van der Waals surface area contributed by atoms with Crippen molar-refractivity contribution in [1.29, 1.82) is 0 Å². The maximum Gasteiger partial charge on any atom is 0.254 e. The fourth-order valence-corrected chi connectivity index (χ4v) is 2.21. The molecule has 0 N–H and O–H groups in total. The molecule has 1 aromatic carbocycles. The minimum atomic E-state index is -0.0757. The summed E-state index contributed by atoms with van der Waals surface area (Å²) >= 11 is 3.39. The minimum Gasteiger partial charge on any atom is -0.272 e. The van der Waals surface area contributed by atoms with Crippen LogP contribution in [0.2, 0.25) is 0 Å². The Labute approximate surface area is 124 Å². The Hall–Kier alpha value is -2.08. The number of carbonyl (C=O) groups is 1. The zero-order chi connectivity index (χ0) is 14.1. The topological polar surface area (TPSA) is 58.5 Å². The number of amides is 1. The Morgan fingerprint density at radius 1 is 1.10 bits per heavy atom. The SMILES string of the molecule is CC1=NN(c2ccc(-c3ccc(Br)cc3)nn2)C(=O)C1. The van der Waals surface area contributed by atoms with Crippen molar-refractivity contribution in [1.82, 2.24) is 10.2 Å². The average molecular weight is 331 g/mol. The first-order chi connectivity index (χ1) is 9.63. The van der Waals surface area contributed by atoms with Crippen LogP contribution >= 0.6 is 15.9 Å². The van der Waals surface area contributed by atoms with Crippen LogP contribution in [-0.2, 0) is 4.79 Å². The van der Waals surface area contributed by atoms with Gasteiger partial charge in [0.15, 0.2) is 5.82 Å². The van der Waals surface area contributed by atoms with Crippen LogP contribution in [0.25, 0.3) is 11.3 Å². The van der Waals surface area contributed by atoms with Crippen molar-refractivity contribution < 1.29 is 4.79 Å². The number of aromatic nitrogens is 2. The molecular weight excluding hydrogens is 320 g/mol. The van der Waals surface area contributed by atoms with Gasteiger partial charge in [-0.2, -0.15) is 10.1 Å². The fraction of sp³-hybridized carbons (Fsp3) is 0.143. The molecule has 1 amide bonds. The van der Waals surface area contributed by atoms with E-state index in [1.807, 2.05) is 37.3 Å². The Morgan fingerprint density at radius 2 is 1.85 bits per heavy atom. The van der Waals surface area contributed by atoms with Crippen molar-refractivity contribution in [2.24, 2.45) is 5.10 Å². The molecule has 20 heavy (non-hydrogen) atoms. The molecule has 0 aliphatic carbocycles. The first-order valence-corrected chi connectivity index (χ1v) is 6.89. The summed E-state index contributed by atoms with van der Waals surface area (Å²) in [6, 6.07) is 11.4. The van der Waals surface area contributed by atoms with Crippen LogP contribution in [0.3, 0.4) is 0 Å². The van der Waals surface area contributed by atoms with E-state index in [0.29, 0.717) is 12.2 Å². The molecule has 3 rings (SSSR count). The van der Waals surface area contributed by atoms with Gasteiger partial charge >= 0.3 is 0 Å². The molecule has 0 saturated heterocycles. The molecule has 2 heterocycles. The molecule has 0 fully saturated rings. The Morgan fingerprint density at radius 3 is 2.40 bits per heavy atom. The third kappa shape index (κ3) is 2.46. The second kappa shape index (κ2) is 5.13. The van der Waals surface area contributed by atoms with E-state index < -0.39 is 0 Å². The molecule has 5 nitrogen and oxygen atoms in total. The number of nitrogens with zero attached hydrogens (tertiary/aromatic N) is 4. The Kier molecular flexibility index (Phi) is 3.31. The van der Waals surface area contributed by atoms with E-state index in [9.17, 15) is 4.79 Å². The summed E-state index contributed by atoms with van der Waals surface area (Å²) in [4.78, 5) is 11.7. The van der Waals surface area contributed by atoms with Gasteiger partial charge in [-0.15, -0.1) is 10.2 Å². The van der Waals surface area contributed by atoms with Gasteiger partial charge in [-0.05, 0) is 31.2 Å². The second-order valence-corrected chi connectivity index (χ2v) is 5.42. The summed E-state index contributed by atoms with van der Waals surface area (Å²) in [6.07, 6.45) is 0.343. The standard InChI is InChI=1S/C14H11BrN4O/c1-9-8-14(20)19(18-9)13-7-6-12(16-17-13)10-2-4-11(15)5-3-10/h2-7H,8H2,1H3. The van der Waals surface area contributed by atoms with Crippen molar-refractivity contribution in [3.63, 3.8) is 0 Å². The summed E-state index contributed by atoms with van der Waals surface area (Å²) in [5, 5.41) is 13.7. The Balaban J connectivity index is 1.88. The van der Waals surface area contributed by atoms with E-state index >= 15 is 0 Å². The third-order valence-corrected chi connectivity index (χ3v) is 3.45. The lowest BCUT2D eigenvalue weighted by molar-refractivity contribution is -0.116. The van der Waals surface area contributed by atoms with Crippen LogP contribution in [0, 0.1) is 0 Å². The van der Waals surface area contributed by atoms with E-state index in [2.05, 4.69) is 31.2 Å². The van der Waals surface area contributed by atoms with Gasteiger partial charge in [-0.25, -0.2) is 0 Å². The molecule has 0 atom stereocenters. The summed E-state index contributed by atoms with van der Waals surface area (Å²) in [5.41, 5.74) is 2.52. The molecule has 6 heteroatoms. The maximum absolute atomic E-state index is 11.7. The van der Waals surface area contributed by atoms with Crippen LogP contribution in [0.15, 0.2) is 46.0 Å². The van der Waals surface area contributed by atoms with E-state index in [4.69, 9.17) is 0 Å². The van der Waals surface area contributed by atoms with Crippen molar-refractivity contribution >= 4 is 33.4 Å². The van der Waals surface area contributed by atoms with Gasteiger partial charge in [0.1, 0.15) is 0 Å². The van der Waals surface area contributed by atoms with Crippen LogP contribution in [-0.4, -0.2) is 21.8 Å². The predicted octanol–water partition coefficient (Wildman–Crippen LogP) is 3.02. The number of benzene rings is 1. The molecule has 0 bridgehead atoms. The fourth-order valence-electron chi connectivity index (χ4n) is 1.95. The molecule has 0 radical (unpaired) electrons. The molecule has 1 aromatic heterocycles. The number of hydrazone groups is 1. The van der Waals surface area contributed by atoms with E-state index in [-0.39, 0.29) is 5.91 Å². The van der Waals surface area contributed by atoms with Crippen molar-refractivity contribution in [3.8, 4) is 11.3 Å². The highest BCUT2D eigenvalue weighted by molar-refractivity contribution is 9.10. The number of halogens is 1. The highest BCUT2D eigenvalue weighted by Crippen LogP contribution is 2.22. The molecule has 1 aliphatic heterocycles.